The predicted molar refractivity (Wildman–Crippen MR) is 76.7 cm³/mol. The lowest BCUT2D eigenvalue weighted by atomic mass is 10.1. The Kier molecular flexibility index (Phi) is 4.82. The second-order valence-corrected chi connectivity index (χ2v) is 5.49. The maximum atomic E-state index is 12.6. The standard InChI is InChI=1S/C14H22N4O3/c1-16-9-7-15-12(16)10-17(2)14(21)18-8-5-3-4-6-11(18)13(19)20/h7,9,11H,3-6,8,10H2,1-2H3,(H,19,20). The molecule has 116 valence electrons. The first kappa shape index (κ1) is 15.3. The third kappa shape index (κ3) is 3.53. The van der Waals surface area contributed by atoms with Gasteiger partial charge in [-0.05, 0) is 12.8 Å². The molecule has 1 aliphatic heterocycles. The number of urea groups is 1. The number of aliphatic carboxylic acids is 1. The summed E-state index contributed by atoms with van der Waals surface area (Å²) in [6.07, 6.45) is 6.70. The average molecular weight is 294 g/mol. The molecule has 2 amide bonds. The van der Waals surface area contributed by atoms with E-state index in [1.165, 1.54) is 9.80 Å². The summed E-state index contributed by atoms with van der Waals surface area (Å²) in [5.74, 6) is -0.150. The van der Waals surface area contributed by atoms with Crippen molar-refractivity contribution in [1.29, 1.82) is 0 Å². The Morgan fingerprint density at radius 1 is 1.43 bits per heavy atom. The summed E-state index contributed by atoms with van der Waals surface area (Å²) >= 11 is 0. The highest BCUT2D eigenvalue weighted by Crippen LogP contribution is 2.19. The van der Waals surface area contributed by atoms with Gasteiger partial charge in [0.25, 0.3) is 0 Å². The van der Waals surface area contributed by atoms with Gasteiger partial charge >= 0.3 is 12.0 Å². The molecule has 1 saturated heterocycles. The molecule has 1 aromatic rings. The zero-order chi connectivity index (χ0) is 15.4. The fourth-order valence-corrected chi connectivity index (χ4v) is 2.64. The summed E-state index contributed by atoms with van der Waals surface area (Å²) in [7, 11) is 3.55. The van der Waals surface area contributed by atoms with Crippen LogP contribution in [0.4, 0.5) is 4.79 Å². The van der Waals surface area contributed by atoms with E-state index >= 15 is 0 Å². The summed E-state index contributed by atoms with van der Waals surface area (Å²) in [5.41, 5.74) is 0. The van der Waals surface area contributed by atoms with Crippen LogP contribution < -0.4 is 0 Å². The number of aryl methyl sites for hydroxylation is 1. The zero-order valence-corrected chi connectivity index (χ0v) is 12.5. The number of carboxylic acid groups (broad SMARTS) is 1. The SMILES string of the molecule is CN(Cc1nccn1C)C(=O)N1CCCCCC1C(=O)O. The normalized spacial score (nSPS) is 19.1. The Morgan fingerprint density at radius 2 is 2.19 bits per heavy atom. The van der Waals surface area contributed by atoms with Crippen molar-refractivity contribution in [2.24, 2.45) is 7.05 Å². The van der Waals surface area contributed by atoms with Crippen LogP contribution in [0.25, 0.3) is 0 Å². The van der Waals surface area contributed by atoms with Crippen molar-refractivity contribution in [2.45, 2.75) is 38.3 Å². The molecular formula is C14H22N4O3. The van der Waals surface area contributed by atoms with Crippen LogP contribution in [0.1, 0.15) is 31.5 Å². The van der Waals surface area contributed by atoms with Crippen LogP contribution in [0.15, 0.2) is 12.4 Å². The van der Waals surface area contributed by atoms with E-state index in [1.807, 2.05) is 17.8 Å². The lowest BCUT2D eigenvalue weighted by Gasteiger charge is -2.31. The second-order valence-electron chi connectivity index (χ2n) is 5.49. The Labute approximate surface area is 124 Å². The molecule has 1 fully saturated rings. The number of imidazole rings is 1. The van der Waals surface area contributed by atoms with E-state index in [0.717, 1.165) is 25.1 Å². The van der Waals surface area contributed by atoms with Gasteiger partial charge in [-0.1, -0.05) is 12.8 Å². The Hall–Kier alpha value is -2.05. The van der Waals surface area contributed by atoms with E-state index in [4.69, 9.17) is 0 Å². The van der Waals surface area contributed by atoms with Gasteiger partial charge in [-0.2, -0.15) is 0 Å². The molecule has 1 atom stereocenters. The quantitative estimate of drug-likeness (QED) is 0.911. The van der Waals surface area contributed by atoms with Crippen LogP contribution in [0.2, 0.25) is 0 Å². The number of rotatable bonds is 3. The molecule has 7 nitrogen and oxygen atoms in total. The molecule has 2 heterocycles. The lowest BCUT2D eigenvalue weighted by Crippen LogP contribution is -2.49. The molecule has 0 aromatic carbocycles. The molecule has 1 unspecified atom stereocenters. The van der Waals surface area contributed by atoms with Crippen LogP contribution in [0.3, 0.4) is 0 Å². The summed E-state index contributed by atoms with van der Waals surface area (Å²) in [6, 6.07) is -0.962. The highest BCUT2D eigenvalue weighted by atomic mass is 16.4. The maximum Gasteiger partial charge on any atom is 0.326 e. The maximum absolute atomic E-state index is 12.6. The number of nitrogens with zero attached hydrogens (tertiary/aromatic N) is 4. The lowest BCUT2D eigenvalue weighted by molar-refractivity contribution is -0.142. The van der Waals surface area contributed by atoms with E-state index < -0.39 is 12.0 Å². The fourth-order valence-electron chi connectivity index (χ4n) is 2.64. The van der Waals surface area contributed by atoms with Crippen LogP contribution in [0.5, 0.6) is 0 Å². The molecule has 0 aliphatic carbocycles. The molecular weight excluding hydrogens is 272 g/mol. The van der Waals surface area contributed by atoms with Gasteiger partial charge in [-0.25, -0.2) is 14.6 Å². The average Bonchev–Trinajstić information content (AvgIpc) is 2.71. The molecule has 0 spiro atoms. The Morgan fingerprint density at radius 3 is 2.81 bits per heavy atom. The van der Waals surface area contributed by atoms with Gasteiger partial charge in [-0.15, -0.1) is 0 Å². The van der Waals surface area contributed by atoms with E-state index in [0.29, 0.717) is 19.5 Å². The molecule has 2 rings (SSSR count). The second kappa shape index (κ2) is 6.60. The number of carbonyl (C=O) groups is 2. The highest BCUT2D eigenvalue weighted by molar-refractivity contribution is 5.82. The smallest absolute Gasteiger partial charge is 0.326 e. The fraction of sp³-hybridized carbons (Fsp3) is 0.643. The van der Waals surface area contributed by atoms with Crippen LogP contribution in [-0.4, -0.2) is 56.1 Å². The van der Waals surface area contributed by atoms with Crippen molar-refractivity contribution in [3.05, 3.63) is 18.2 Å². The van der Waals surface area contributed by atoms with Gasteiger partial charge in [0.1, 0.15) is 11.9 Å². The van der Waals surface area contributed by atoms with Gasteiger partial charge in [0.05, 0.1) is 6.54 Å². The van der Waals surface area contributed by atoms with Crippen molar-refractivity contribution < 1.29 is 14.7 Å². The first-order chi connectivity index (χ1) is 10.0. The minimum Gasteiger partial charge on any atom is -0.480 e. The predicted octanol–water partition coefficient (Wildman–Crippen LogP) is 1.30. The van der Waals surface area contributed by atoms with Crippen LogP contribution in [-0.2, 0) is 18.4 Å². The molecule has 7 heteroatoms. The number of amides is 2. The molecule has 1 aromatic heterocycles. The third-order valence-electron chi connectivity index (χ3n) is 3.91. The van der Waals surface area contributed by atoms with Crippen molar-refractivity contribution in [1.82, 2.24) is 19.4 Å². The van der Waals surface area contributed by atoms with Crippen molar-refractivity contribution in [2.75, 3.05) is 13.6 Å². The number of carboxylic acids is 1. The minimum absolute atomic E-state index is 0.243. The minimum atomic E-state index is -0.921. The molecule has 21 heavy (non-hydrogen) atoms. The van der Waals surface area contributed by atoms with Gasteiger partial charge in [0.2, 0.25) is 0 Å². The summed E-state index contributed by atoms with van der Waals surface area (Å²) in [5, 5.41) is 9.34. The monoisotopic (exact) mass is 294 g/mol. The molecule has 1 N–H and O–H groups in total. The van der Waals surface area contributed by atoms with E-state index in [9.17, 15) is 14.7 Å². The van der Waals surface area contributed by atoms with Gasteiger partial charge in [0, 0.05) is 33.0 Å². The zero-order valence-electron chi connectivity index (χ0n) is 12.5. The van der Waals surface area contributed by atoms with E-state index in [-0.39, 0.29) is 6.03 Å². The first-order valence-electron chi connectivity index (χ1n) is 7.21. The molecule has 0 bridgehead atoms. The molecule has 0 radical (unpaired) electrons. The number of carbonyl (C=O) groups excluding carboxylic acids is 1. The molecule has 1 aliphatic rings. The topological polar surface area (TPSA) is 78.7 Å². The van der Waals surface area contributed by atoms with Gasteiger partial charge < -0.3 is 19.5 Å². The highest BCUT2D eigenvalue weighted by Gasteiger charge is 2.32. The summed E-state index contributed by atoms with van der Waals surface area (Å²) in [4.78, 5) is 31.1. The summed E-state index contributed by atoms with van der Waals surface area (Å²) in [6.45, 7) is 0.867. The number of aromatic nitrogens is 2. The summed E-state index contributed by atoms with van der Waals surface area (Å²) < 4.78 is 1.85. The number of hydrogen-bond donors (Lipinski definition) is 1. The Bertz CT molecular complexity index is 514. The van der Waals surface area contributed by atoms with Crippen molar-refractivity contribution in [3.8, 4) is 0 Å². The first-order valence-corrected chi connectivity index (χ1v) is 7.21. The Balaban J connectivity index is 2.08. The number of likely N-dealkylation sites (tertiary alicyclic amines) is 1. The van der Waals surface area contributed by atoms with E-state index in [2.05, 4.69) is 4.98 Å². The van der Waals surface area contributed by atoms with Gasteiger partial charge in [-0.3, -0.25) is 0 Å². The third-order valence-corrected chi connectivity index (χ3v) is 3.91. The largest absolute Gasteiger partial charge is 0.480 e. The van der Waals surface area contributed by atoms with Crippen molar-refractivity contribution in [3.63, 3.8) is 0 Å². The molecule has 0 saturated carbocycles. The van der Waals surface area contributed by atoms with Crippen molar-refractivity contribution >= 4 is 12.0 Å². The van der Waals surface area contributed by atoms with Gasteiger partial charge in [0.15, 0.2) is 0 Å². The number of hydrogen-bond acceptors (Lipinski definition) is 3. The van der Waals surface area contributed by atoms with Crippen LogP contribution in [0, 0.1) is 0 Å². The van der Waals surface area contributed by atoms with E-state index in [1.54, 1.807) is 13.2 Å². The van der Waals surface area contributed by atoms with Crippen LogP contribution >= 0.6 is 0 Å².